The summed E-state index contributed by atoms with van der Waals surface area (Å²) in [6.07, 6.45) is 4.36. The molecule has 0 aliphatic rings. The number of amides is 2. The number of unbranched alkanes of at least 4 members (excludes halogenated alkanes) is 3. The number of aromatic hydroxyl groups is 1. The van der Waals surface area contributed by atoms with Crippen LogP contribution in [0.5, 0.6) is 5.75 Å². The molecule has 3 aromatic carbocycles. The van der Waals surface area contributed by atoms with Gasteiger partial charge in [0.2, 0.25) is 0 Å². The normalized spacial score (nSPS) is 11.3. The Labute approximate surface area is 271 Å². The van der Waals surface area contributed by atoms with Crippen molar-refractivity contribution in [2.75, 3.05) is 43.5 Å². The van der Waals surface area contributed by atoms with Crippen molar-refractivity contribution >= 4 is 23.4 Å². The average molecular weight is 640 g/mol. The monoisotopic (exact) mass is 639 g/mol. The van der Waals surface area contributed by atoms with E-state index < -0.39 is 12.1 Å². The second-order valence-corrected chi connectivity index (χ2v) is 10.7. The number of phenols is 1. The number of aliphatic carboxylic acids is 1. The number of carboxylic acid groups (broad SMARTS) is 1. The molecule has 0 aromatic heterocycles. The number of hydrogen-bond acceptors (Lipinski definition) is 8. The van der Waals surface area contributed by atoms with E-state index in [2.05, 4.69) is 22.9 Å². The quantitative estimate of drug-likeness (QED) is 0.0826. The number of anilines is 2. The maximum atomic E-state index is 12.4. The lowest BCUT2D eigenvalue weighted by atomic mass is 10.1. The fourth-order valence-electron chi connectivity index (χ4n) is 4.41. The zero-order valence-electron chi connectivity index (χ0n) is 26.8. The minimum Gasteiger partial charge on any atom is -0.508 e. The molecule has 3 rings (SSSR count). The van der Waals surface area contributed by atoms with Gasteiger partial charge >= 0.3 is 6.03 Å². The zero-order valence-corrected chi connectivity index (χ0v) is 26.8. The summed E-state index contributed by atoms with van der Waals surface area (Å²) in [5.41, 5.74) is 4.69. The van der Waals surface area contributed by atoms with Crippen LogP contribution in [-0.2, 0) is 33.9 Å². The second-order valence-electron chi connectivity index (χ2n) is 10.7. The minimum atomic E-state index is -0.833. The Morgan fingerprint density at radius 3 is 2.13 bits per heavy atom. The number of carbonyl (C=O) groups excluding carboxylic acids is 1. The van der Waals surface area contributed by atoms with Crippen molar-refractivity contribution in [3.8, 4) is 5.75 Å². The molecule has 0 radical (unpaired) electrons. The van der Waals surface area contributed by atoms with E-state index in [4.69, 9.17) is 19.4 Å². The molecule has 0 unspecified atom stereocenters. The van der Waals surface area contributed by atoms with E-state index in [1.165, 1.54) is 11.6 Å². The van der Waals surface area contributed by atoms with Crippen LogP contribution < -0.4 is 16.0 Å². The highest BCUT2D eigenvalue weighted by molar-refractivity contribution is 5.99. The third kappa shape index (κ3) is 16.4. The number of carbonyl (C=O) groups is 2. The van der Waals surface area contributed by atoms with E-state index >= 15 is 0 Å². The van der Waals surface area contributed by atoms with Crippen LogP contribution in [0.25, 0.3) is 0 Å². The maximum Gasteiger partial charge on any atom is 0.323 e. The molecule has 0 aliphatic heterocycles. The molecule has 3 aromatic rings. The topological polar surface area (TPSA) is 170 Å². The molecule has 11 nitrogen and oxygen atoms in total. The summed E-state index contributed by atoms with van der Waals surface area (Å²) in [4.78, 5) is 21.4. The minimum absolute atomic E-state index is 0.0327. The molecule has 0 saturated carbocycles. The summed E-state index contributed by atoms with van der Waals surface area (Å²) in [6, 6.07) is 19.9. The van der Waals surface area contributed by atoms with Gasteiger partial charge in [-0.2, -0.15) is 0 Å². The van der Waals surface area contributed by atoms with Crippen molar-refractivity contribution in [2.24, 2.45) is 0 Å². The Kier molecular flexibility index (Phi) is 18.7. The fraction of sp³-hybridized carbons (Fsp3) is 0.429. The SMILES string of the molecule is CC(=O)O.CCc1cccc(NC(=O)Nc2cccc(COCCOCCCCCCNC[C@H](O)c3ccc(O)c(CO)c3)c2)c1. The van der Waals surface area contributed by atoms with Gasteiger partial charge in [-0.15, -0.1) is 0 Å². The third-order valence-corrected chi connectivity index (χ3v) is 6.81. The molecule has 0 heterocycles. The molecule has 1 atom stereocenters. The van der Waals surface area contributed by atoms with E-state index in [0.717, 1.165) is 56.8 Å². The molecule has 0 spiro atoms. The maximum absolute atomic E-state index is 12.4. The zero-order chi connectivity index (χ0) is 33.6. The van der Waals surface area contributed by atoms with E-state index in [9.17, 15) is 20.1 Å². The first-order valence-electron chi connectivity index (χ1n) is 15.6. The molecule has 2 amide bonds. The van der Waals surface area contributed by atoms with Gasteiger partial charge in [0.25, 0.3) is 5.97 Å². The van der Waals surface area contributed by atoms with Crippen LogP contribution in [0.3, 0.4) is 0 Å². The molecule has 7 N–H and O–H groups in total. The summed E-state index contributed by atoms with van der Waals surface area (Å²) in [5, 5.41) is 45.6. The van der Waals surface area contributed by atoms with E-state index in [1.807, 2.05) is 48.5 Å². The predicted molar refractivity (Wildman–Crippen MR) is 179 cm³/mol. The van der Waals surface area contributed by atoms with Gasteiger partial charge in [-0.05, 0) is 78.9 Å². The number of urea groups is 1. The highest BCUT2D eigenvalue weighted by Gasteiger charge is 2.10. The number of aliphatic hydroxyl groups is 2. The number of aryl methyl sites for hydroxylation is 1. The van der Waals surface area contributed by atoms with Crippen LogP contribution in [0.4, 0.5) is 16.2 Å². The lowest BCUT2D eigenvalue weighted by Gasteiger charge is -2.14. The highest BCUT2D eigenvalue weighted by atomic mass is 16.5. The Morgan fingerprint density at radius 2 is 1.46 bits per heavy atom. The Morgan fingerprint density at radius 1 is 0.826 bits per heavy atom. The number of ether oxygens (including phenoxy) is 2. The van der Waals surface area contributed by atoms with Gasteiger partial charge in [-0.3, -0.25) is 4.79 Å². The van der Waals surface area contributed by atoms with Crippen LogP contribution in [0.2, 0.25) is 0 Å². The molecule has 0 bridgehead atoms. The van der Waals surface area contributed by atoms with Crippen molar-refractivity contribution in [3.63, 3.8) is 0 Å². The first-order chi connectivity index (χ1) is 22.2. The first-order valence-corrected chi connectivity index (χ1v) is 15.6. The van der Waals surface area contributed by atoms with E-state index in [1.54, 1.807) is 12.1 Å². The van der Waals surface area contributed by atoms with Gasteiger partial charge in [0.1, 0.15) is 5.75 Å². The number of rotatable bonds is 19. The summed E-state index contributed by atoms with van der Waals surface area (Å²) in [7, 11) is 0. The average Bonchev–Trinajstić information content (AvgIpc) is 3.03. The van der Waals surface area contributed by atoms with Crippen molar-refractivity contribution < 1.29 is 39.5 Å². The van der Waals surface area contributed by atoms with Crippen molar-refractivity contribution in [1.29, 1.82) is 0 Å². The van der Waals surface area contributed by atoms with Gasteiger partial charge in [0, 0.05) is 37.0 Å². The number of nitrogens with one attached hydrogen (secondary N) is 3. The number of hydrogen-bond donors (Lipinski definition) is 7. The summed E-state index contributed by atoms with van der Waals surface area (Å²) in [6.45, 7) is 6.30. The molecule has 0 saturated heterocycles. The Bertz CT molecular complexity index is 1320. The van der Waals surface area contributed by atoms with Crippen molar-refractivity contribution in [2.45, 2.75) is 65.3 Å². The van der Waals surface area contributed by atoms with Crippen LogP contribution in [-0.4, -0.2) is 65.3 Å². The standard InChI is InChI=1S/C33H45N3O6.C2H4O2/c1-2-25-9-7-11-29(19-25)35-33(40)36-30-12-8-10-26(20-30)24-42-18-17-41-16-6-4-3-5-15-34-22-32(39)27-13-14-31(38)28(21-27)23-37;1-2(3)4/h7-14,19-21,32,34,37-39H,2-6,15-18,22-24H2,1H3,(H2,35,36,40);1H3,(H,3,4)/t32-;/m0./s1. The Balaban J connectivity index is 0.00000173. The number of benzene rings is 3. The van der Waals surface area contributed by atoms with E-state index in [0.29, 0.717) is 49.8 Å². The van der Waals surface area contributed by atoms with Gasteiger partial charge in [0.05, 0.1) is 32.5 Å². The third-order valence-electron chi connectivity index (χ3n) is 6.81. The molecule has 252 valence electrons. The molecular weight excluding hydrogens is 590 g/mol. The van der Waals surface area contributed by atoms with Crippen molar-refractivity contribution in [3.05, 3.63) is 89.0 Å². The molecule has 0 aliphatic carbocycles. The van der Waals surface area contributed by atoms with Gasteiger partial charge in [0.15, 0.2) is 0 Å². The predicted octanol–water partition coefficient (Wildman–Crippen LogP) is 5.60. The molecule has 11 heteroatoms. The number of aliphatic hydroxyl groups excluding tert-OH is 2. The lowest BCUT2D eigenvalue weighted by Crippen LogP contribution is -2.22. The fourth-order valence-corrected chi connectivity index (χ4v) is 4.41. The highest BCUT2D eigenvalue weighted by Crippen LogP contribution is 2.22. The van der Waals surface area contributed by atoms with Crippen molar-refractivity contribution in [1.82, 2.24) is 5.32 Å². The molecule has 0 fully saturated rings. The van der Waals surface area contributed by atoms with Crippen LogP contribution in [0.15, 0.2) is 66.7 Å². The van der Waals surface area contributed by atoms with Crippen LogP contribution in [0.1, 0.15) is 67.9 Å². The molecule has 46 heavy (non-hydrogen) atoms. The lowest BCUT2D eigenvalue weighted by molar-refractivity contribution is -0.134. The second kappa shape index (κ2) is 22.5. The largest absolute Gasteiger partial charge is 0.508 e. The van der Waals surface area contributed by atoms with Gasteiger partial charge < -0.3 is 45.9 Å². The number of carboxylic acids is 1. The van der Waals surface area contributed by atoms with Crippen LogP contribution >= 0.6 is 0 Å². The Hall–Kier alpha value is -4.00. The van der Waals surface area contributed by atoms with Gasteiger partial charge in [-0.25, -0.2) is 4.79 Å². The van der Waals surface area contributed by atoms with E-state index in [-0.39, 0.29) is 18.4 Å². The summed E-state index contributed by atoms with van der Waals surface area (Å²) >= 11 is 0. The summed E-state index contributed by atoms with van der Waals surface area (Å²) < 4.78 is 11.4. The van der Waals surface area contributed by atoms with Crippen LogP contribution in [0, 0.1) is 0 Å². The van der Waals surface area contributed by atoms with Gasteiger partial charge in [-0.1, -0.05) is 50.1 Å². The smallest absolute Gasteiger partial charge is 0.323 e. The molecular formula is C35H49N3O8. The summed E-state index contributed by atoms with van der Waals surface area (Å²) in [5.74, 6) is -0.801. The first kappa shape index (κ1) is 38.2.